The van der Waals surface area contributed by atoms with Gasteiger partial charge in [0.1, 0.15) is 0 Å². The highest BCUT2D eigenvalue weighted by Gasteiger charge is 2.31. The Morgan fingerprint density at radius 1 is 1.33 bits per heavy atom. The number of hydrogen-bond donors (Lipinski definition) is 0. The third kappa shape index (κ3) is 2.75. The minimum absolute atomic E-state index is 0.0141. The predicted molar refractivity (Wildman–Crippen MR) is 83.6 cm³/mol. The van der Waals surface area contributed by atoms with Gasteiger partial charge in [0.05, 0.1) is 11.2 Å². The van der Waals surface area contributed by atoms with Crippen molar-refractivity contribution in [2.45, 2.75) is 39.2 Å². The second kappa shape index (κ2) is 5.80. The number of alkyl halides is 2. The van der Waals surface area contributed by atoms with Crippen LogP contribution in [0.5, 0.6) is 0 Å². The van der Waals surface area contributed by atoms with Crippen molar-refractivity contribution >= 4 is 17.0 Å². The van der Waals surface area contributed by atoms with E-state index in [1.54, 1.807) is 16.8 Å². The molecule has 0 N–H and O–H groups in total. The Hall–Kier alpha value is -1.97. The summed E-state index contributed by atoms with van der Waals surface area (Å²) >= 11 is 0. The summed E-state index contributed by atoms with van der Waals surface area (Å²) < 4.78 is 30.1. The Balaban J connectivity index is 2.71. The normalized spacial score (nSPS) is 11.8. The first-order valence-corrected chi connectivity index (χ1v) is 7.07. The minimum atomic E-state index is -2.91. The number of rotatable bonds is 6. The first kappa shape index (κ1) is 15.4. The molecule has 0 amide bonds. The highest BCUT2D eigenvalue weighted by molar-refractivity contribution is 5.90. The van der Waals surface area contributed by atoms with E-state index in [9.17, 15) is 8.78 Å². The van der Waals surface area contributed by atoms with Crippen LogP contribution in [-0.2, 0) is 12.5 Å². The van der Waals surface area contributed by atoms with Crippen LogP contribution >= 0.6 is 0 Å². The number of benzene rings is 1. The van der Waals surface area contributed by atoms with Gasteiger partial charge in [0.2, 0.25) is 0 Å². The van der Waals surface area contributed by atoms with Gasteiger partial charge in [-0.1, -0.05) is 19.6 Å². The summed E-state index contributed by atoms with van der Waals surface area (Å²) in [4.78, 5) is 0. The van der Waals surface area contributed by atoms with Crippen LogP contribution in [0.4, 0.5) is 8.78 Å². The van der Waals surface area contributed by atoms with Crippen molar-refractivity contribution in [1.29, 1.82) is 0 Å². The Kier molecular flexibility index (Phi) is 4.26. The van der Waals surface area contributed by atoms with Crippen LogP contribution in [-0.4, -0.2) is 9.78 Å². The molecular formula is C17H20F2N2. The highest BCUT2D eigenvalue weighted by atomic mass is 19.3. The van der Waals surface area contributed by atoms with Gasteiger partial charge in [-0.3, -0.25) is 4.68 Å². The van der Waals surface area contributed by atoms with Crippen molar-refractivity contribution in [3.63, 3.8) is 0 Å². The summed E-state index contributed by atoms with van der Waals surface area (Å²) in [6.45, 7) is 11.7. The van der Waals surface area contributed by atoms with Crippen LogP contribution in [0.15, 0.2) is 31.4 Å². The topological polar surface area (TPSA) is 17.8 Å². The molecule has 0 aliphatic carbocycles. The fraction of sp³-hybridized carbons (Fsp3) is 0.353. The van der Waals surface area contributed by atoms with Crippen LogP contribution in [0.2, 0.25) is 0 Å². The van der Waals surface area contributed by atoms with E-state index in [-0.39, 0.29) is 12.0 Å². The molecule has 4 heteroatoms. The van der Waals surface area contributed by atoms with E-state index in [4.69, 9.17) is 0 Å². The molecule has 112 valence electrons. The molecule has 2 rings (SSSR count). The van der Waals surface area contributed by atoms with Crippen LogP contribution in [0, 0.1) is 6.92 Å². The van der Waals surface area contributed by atoms with Crippen molar-refractivity contribution in [2.24, 2.45) is 0 Å². The number of aryl methyl sites for hydroxylation is 2. The lowest BCUT2D eigenvalue weighted by molar-refractivity contribution is -0.000795. The van der Waals surface area contributed by atoms with Gasteiger partial charge < -0.3 is 0 Å². The molecule has 0 saturated carbocycles. The number of nitrogens with zero attached hydrogens (tertiary/aromatic N) is 2. The smallest absolute Gasteiger partial charge is 0.264 e. The van der Waals surface area contributed by atoms with Gasteiger partial charge in [-0.05, 0) is 37.1 Å². The first-order valence-electron chi connectivity index (χ1n) is 7.07. The average Bonchev–Trinajstić information content (AvgIpc) is 2.78. The summed E-state index contributed by atoms with van der Waals surface area (Å²) in [5.41, 5.74) is 2.30. The van der Waals surface area contributed by atoms with Gasteiger partial charge in [0, 0.05) is 23.9 Å². The second-order valence-corrected chi connectivity index (χ2v) is 5.20. The van der Waals surface area contributed by atoms with Gasteiger partial charge in [-0.15, -0.1) is 6.58 Å². The molecule has 2 aromatic rings. The third-order valence-electron chi connectivity index (χ3n) is 3.53. The molecule has 0 spiro atoms. The predicted octanol–water partition coefficient (Wildman–Crippen LogP) is 5.07. The Morgan fingerprint density at radius 3 is 2.62 bits per heavy atom. The maximum atomic E-state index is 14.1. The summed E-state index contributed by atoms with van der Waals surface area (Å²) in [5.74, 6) is -2.91. The quantitative estimate of drug-likeness (QED) is 0.679. The van der Waals surface area contributed by atoms with E-state index in [0.29, 0.717) is 6.54 Å². The molecule has 0 aliphatic rings. The summed E-state index contributed by atoms with van der Waals surface area (Å²) in [6.07, 6.45) is 3.44. The number of allylic oxidation sites excluding steroid dienone is 1. The van der Waals surface area contributed by atoms with Gasteiger partial charge in [-0.25, -0.2) is 8.78 Å². The molecule has 0 radical (unpaired) electrons. The first-order chi connectivity index (χ1) is 9.94. The summed E-state index contributed by atoms with van der Waals surface area (Å²) in [5, 5.41) is 5.36. The van der Waals surface area contributed by atoms with Gasteiger partial charge in [-0.2, -0.15) is 5.10 Å². The van der Waals surface area contributed by atoms with E-state index in [2.05, 4.69) is 18.3 Å². The van der Waals surface area contributed by atoms with Gasteiger partial charge >= 0.3 is 0 Å². The molecule has 0 fully saturated rings. The zero-order valence-electron chi connectivity index (χ0n) is 12.5. The van der Waals surface area contributed by atoms with E-state index in [1.165, 1.54) is 12.1 Å². The van der Waals surface area contributed by atoms with Crippen LogP contribution in [0.25, 0.3) is 17.0 Å². The molecule has 0 unspecified atom stereocenters. The minimum Gasteiger partial charge on any atom is -0.264 e. The van der Waals surface area contributed by atoms with Crippen molar-refractivity contribution in [3.8, 4) is 0 Å². The molecule has 0 saturated heterocycles. The number of aromatic nitrogens is 2. The van der Waals surface area contributed by atoms with Crippen LogP contribution < -0.4 is 0 Å². The van der Waals surface area contributed by atoms with Crippen molar-refractivity contribution in [1.82, 2.24) is 9.78 Å². The third-order valence-corrected chi connectivity index (χ3v) is 3.53. The molecule has 0 bridgehead atoms. The fourth-order valence-electron chi connectivity index (χ4n) is 2.57. The van der Waals surface area contributed by atoms with E-state index in [1.807, 2.05) is 13.8 Å². The van der Waals surface area contributed by atoms with E-state index < -0.39 is 5.92 Å². The van der Waals surface area contributed by atoms with Crippen LogP contribution in [0.1, 0.15) is 36.6 Å². The lowest BCUT2D eigenvalue weighted by Gasteiger charge is -2.16. The largest absolute Gasteiger partial charge is 0.276 e. The summed E-state index contributed by atoms with van der Waals surface area (Å²) in [6, 6.07) is 3.08. The molecule has 0 aliphatic heterocycles. The van der Waals surface area contributed by atoms with Gasteiger partial charge in [0.25, 0.3) is 5.92 Å². The summed E-state index contributed by atoms with van der Waals surface area (Å²) in [7, 11) is 0. The van der Waals surface area contributed by atoms with Gasteiger partial charge in [0.15, 0.2) is 0 Å². The van der Waals surface area contributed by atoms with E-state index >= 15 is 0 Å². The SMILES string of the molecule is C=CCC(F)(F)c1cc(C)c2c(C=C)nn(CCC)c2c1. The Bertz CT molecular complexity index is 684. The van der Waals surface area contributed by atoms with Crippen molar-refractivity contribution in [2.75, 3.05) is 0 Å². The standard InChI is InChI=1S/C17H20F2N2/c1-5-8-17(18,19)13-10-12(4)16-14(7-3)20-21(9-6-2)15(16)11-13/h5,7,10-11H,1,3,6,8-9H2,2,4H3. The lowest BCUT2D eigenvalue weighted by Crippen LogP contribution is -2.12. The highest BCUT2D eigenvalue weighted by Crippen LogP contribution is 2.36. The Labute approximate surface area is 123 Å². The molecule has 0 atom stereocenters. The zero-order valence-corrected chi connectivity index (χ0v) is 12.5. The maximum absolute atomic E-state index is 14.1. The molecule has 1 aromatic carbocycles. The zero-order chi connectivity index (χ0) is 15.6. The fourth-order valence-corrected chi connectivity index (χ4v) is 2.57. The monoisotopic (exact) mass is 290 g/mol. The molecule has 2 nitrogen and oxygen atoms in total. The molecule has 1 aromatic heterocycles. The van der Waals surface area contributed by atoms with Crippen molar-refractivity contribution in [3.05, 3.63) is 48.2 Å². The van der Waals surface area contributed by atoms with Crippen molar-refractivity contribution < 1.29 is 8.78 Å². The molecule has 21 heavy (non-hydrogen) atoms. The molecular weight excluding hydrogens is 270 g/mol. The maximum Gasteiger partial charge on any atom is 0.276 e. The number of fused-ring (bicyclic) bond motifs is 1. The Morgan fingerprint density at radius 2 is 2.05 bits per heavy atom. The van der Waals surface area contributed by atoms with Crippen LogP contribution in [0.3, 0.4) is 0 Å². The number of halogens is 2. The average molecular weight is 290 g/mol. The second-order valence-electron chi connectivity index (χ2n) is 5.20. The number of hydrogen-bond acceptors (Lipinski definition) is 1. The lowest BCUT2D eigenvalue weighted by atomic mass is 9.99. The molecule has 1 heterocycles. The van der Waals surface area contributed by atoms with E-state index in [0.717, 1.165) is 28.6 Å².